The molecular formula is C13H14Cl2N4O5S. The highest BCUT2D eigenvalue weighted by Gasteiger charge is 2.33. The second-order valence-electron chi connectivity index (χ2n) is 5.20. The number of carbonyl (C=O) groups excluding carboxylic acids is 1. The van der Waals surface area contributed by atoms with Crippen LogP contribution < -0.4 is 20.7 Å². The van der Waals surface area contributed by atoms with E-state index in [1.165, 1.54) is 20.0 Å². The van der Waals surface area contributed by atoms with Crippen LogP contribution in [0.3, 0.4) is 0 Å². The van der Waals surface area contributed by atoms with E-state index in [1.807, 2.05) is 0 Å². The van der Waals surface area contributed by atoms with Crippen LogP contribution in [0.4, 0.5) is 5.69 Å². The van der Waals surface area contributed by atoms with Crippen molar-refractivity contribution >= 4 is 55.9 Å². The fourth-order valence-electron chi connectivity index (χ4n) is 2.36. The van der Waals surface area contributed by atoms with Gasteiger partial charge in [-0.2, -0.15) is 0 Å². The largest absolute Gasteiger partial charge is 0.357 e. The van der Waals surface area contributed by atoms with Gasteiger partial charge in [0.05, 0.1) is 33.0 Å². The van der Waals surface area contributed by atoms with Gasteiger partial charge in [-0.3, -0.25) is 18.7 Å². The summed E-state index contributed by atoms with van der Waals surface area (Å²) in [5.41, 5.74) is -2.17. The molecule has 0 saturated heterocycles. The summed E-state index contributed by atoms with van der Waals surface area (Å²) in [5, 5.41) is 2.08. The number of nitrogens with zero attached hydrogens (tertiary/aromatic N) is 1. The summed E-state index contributed by atoms with van der Waals surface area (Å²) >= 11 is 12.2. The van der Waals surface area contributed by atoms with Crippen LogP contribution >= 0.6 is 23.2 Å². The van der Waals surface area contributed by atoms with E-state index in [1.54, 1.807) is 0 Å². The number of nitrogens with one attached hydrogen (secondary N) is 3. The molecule has 0 aliphatic rings. The first-order valence-corrected chi connectivity index (χ1v) is 9.44. The normalized spacial score (nSPS) is 12.8. The van der Waals surface area contributed by atoms with Crippen LogP contribution in [0.25, 0.3) is 11.0 Å². The molecule has 0 radical (unpaired) electrons. The zero-order valence-corrected chi connectivity index (χ0v) is 15.6. The Labute approximate surface area is 152 Å². The van der Waals surface area contributed by atoms with Crippen molar-refractivity contribution < 1.29 is 13.2 Å². The summed E-state index contributed by atoms with van der Waals surface area (Å²) < 4.78 is 25.4. The van der Waals surface area contributed by atoms with Crippen molar-refractivity contribution in [2.24, 2.45) is 0 Å². The number of benzene rings is 1. The third kappa shape index (κ3) is 3.51. The van der Waals surface area contributed by atoms with E-state index in [2.05, 4.69) is 15.3 Å². The van der Waals surface area contributed by atoms with Crippen molar-refractivity contribution in [3.8, 4) is 0 Å². The Morgan fingerprint density at radius 3 is 2.32 bits per heavy atom. The zero-order chi connectivity index (χ0) is 19.1. The van der Waals surface area contributed by atoms with E-state index in [0.717, 1.165) is 10.6 Å². The topological polar surface area (TPSA) is 132 Å². The molecular weight excluding hydrogens is 395 g/mol. The van der Waals surface area contributed by atoms with Crippen molar-refractivity contribution in [2.75, 3.05) is 17.6 Å². The second-order valence-corrected chi connectivity index (χ2v) is 7.85. The number of rotatable bonds is 4. The maximum atomic E-state index is 12.3. The molecule has 0 bridgehead atoms. The van der Waals surface area contributed by atoms with E-state index >= 15 is 0 Å². The molecule has 1 aromatic heterocycles. The van der Waals surface area contributed by atoms with Gasteiger partial charge in [0.25, 0.3) is 0 Å². The SMILES string of the molecule is CNC(=O)C(C)N(c1c(Cl)c(Cl)cc2[nH]c(=O)c(=O)[nH]c12)S(C)(=O)=O. The maximum absolute atomic E-state index is 12.3. The molecule has 136 valence electrons. The molecule has 1 aromatic carbocycles. The summed E-state index contributed by atoms with van der Waals surface area (Å²) in [4.78, 5) is 39.8. The number of amides is 1. The number of aromatic amines is 2. The summed E-state index contributed by atoms with van der Waals surface area (Å²) in [7, 11) is -2.67. The van der Waals surface area contributed by atoms with Crippen LogP contribution in [-0.2, 0) is 14.8 Å². The number of halogens is 2. The zero-order valence-electron chi connectivity index (χ0n) is 13.3. The number of carbonyl (C=O) groups is 1. The standard InChI is InChI=1S/C13H14Cl2N4O5S/c1-5(11(20)16-2)19(25(3,23)24)10-8(15)6(14)4-7-9(10)18-13(22)12(21)17-7/h4-5H,1-3H3,(H,16,20)(H,17,21)(H,18,22). The van der Waals surface area contributed by atoms with Gasteiger partial charge in [-0.25, -0.2) is 8.42 Å². The summed E-state index contributed by atoms with van der Waals surface area (Å²) in [6, 6.07) is 0.0695. The molecule has 0 aliphatic heterocycles. The van der Waals surface area contributed by atoms with Crippen molar-refractivity contribution in [3.05, 3.63) is 36.8 Å². The monoisotopic (exact) mass is 408 g/mol. The minimum Gasteiger partial charge on any atom is -0.357 e. The summed E-state index contributed by atoms with van der Waals surface area (Å²) in [6.07, 6.45) is 0.874. The van der Waals surface area contributed by atoms with Crippen LogP contribution in [-0.4, -0.2) is 43.6 Å². The van der Waals surface area contributed by atoms with Gasteiger partial charge in [0.15, 0.2) is 0 Å². The quantitative estimate of drug-likeness (QED) is 0.630. The number of hydrogen-bond donors (Lipinski definition) is 3. The lowest BCUT2D eigenvalue weighted by molar-refractivity contribution is -0.121. The molecule has 3 N–H and O–H groups in total. The van der Waals surface area contributed by atoms with Gasteiger partial charge in [-0.15, -0.1) is 0 Å². The van der Waals surface area contributed by atoms with Crippen LogP contribution in [0, 0.1) is 0 Å². The highest BCUT2D eigenvalue weighted by atomic mass is 35.5. The Balaban J connectivity index is 2.99. The average Bonchev–Trinajstić information content (AvgIpc) is 2.51. The summed E-state index contributed by atoms with van der Waals surface area (Å²) in [5.74, 6) is -0.610. The number of anilines is 1. The van der Waals surface area contributed by atoms with Crippen molar-refractivity contribution in [3.63, 3.8) is 0 Å². The number of fused-ring (bicyclic) bond motifs is 1. The lowest BCUT2D eigenvalue weighted by Crippen LogP contribution is -2.47. The Bertz CT molecular complexity index is 1080. The van der Waals surface area contributed by atoms with E-state index in [4.69, 9.17) is 23.2 Å². The van der Waals surface area contributed by atoms with E-state index in [9.17, 15) is 22.8 Å². The molecule has 2 rings (SSSR count). The number of hydrogen-bond acceptors (Lipinski definition) is 5. The third-order valence-corrected chi connectivity index (χ3v) is 5.43. The minimum absolute atomic E-state index is 0.0618. The fourth-order valence-corrected chi connectivity index (χ4v) is 4.03. The van der Waals surface area contributed by atoms with Gasteiger partial charge >= 0.3 is 11.1 Å². The number of sulfonamides is 1. The smallest absolute Gasteiger partial charge is 0.314 e. The molecule has 9 nitrogen and oxygen atoms in total. The van der Waals surface area contributed by atoms with Crippen LogP contribution in [0.15, 0.2) is 15.7 Å². The Hall–Kier alpha value is -2.04. The Kier molecular flexibility index (Phi) is 5.17. The van der Waals surface area contributed by atoms with Crippen LogP contribution in [0.2, 0.25) is 10.0 Å². The second kappa shape index (κ2) is 6.70. The molecule has 1 unspecified atom stereocenters. The van der Waals surface area contributed by atoms with Gasteiger partial charge in [-0.05, 0) is 13.0 Å². The van der Waals surface area contributed by atoms with Gasteiger partial charge in [-0.1, -0.05) is 23.2 Å². The minimum atomic E-state index is -4.01. The van der Waals surface area contributed by atoms with Gasteiger partial charge < -0.3 is 15.3 Å². The molecule has 0 saturated carbocycles. The highest BCUT2D eigenvalue weighted by Crippen LogP contribution is 2.39. The predicted octanol–water partition coefficient (Wildman–Crippen LogP) is 0.424. The Morgan fingerprint density at radius 1 is 1.24 bits per heavy atom. The van der Waals surface area contributed by atoms with Gasteiger partial charge in [0.2, 0.25) is 15.9 Å². The van der Waals surface area contributed by atoms with E-state index in [0.29, 0.717) is 0 Å². The number of aromatic nitrogens is 2. The Morgan fingerprint density at radius 2 is 1.80 bits per heavy atom. The lowest BCUT2D eigenvalue weighted by atomic mass is 10.2. The molecule has 12 heteroatoms. The molecule has 0 aliphatic carbocycles. The molecule has 0 spiro atoms. The van der Waals surface area contributed by atoms with Crippen LogP contribution in [0.1, 0.15) is 6.92 Å². The first-order chi connectivity index (χ1) is 11.5. The van der Waals surface area contributed by atoms with Gasteiger partial charge in [0.1, 0.15) is 6.04 Å². The number of likely N-dealkylation sites (N-methyl/N-ethyl adjacent to an activating group) is 1. The molecule has 0 fully saturated rings. The molecule has 1 heterocycles. The first kappa shape index (κ1) is 19.3. The average molecular weight is 409 g/mol. The molecule has 1 amide bonds. The van der Waals surface area contributed by atoms with Crippen molar-refractivity contribution in [2.45, 2.75) is 13.0 Å². The molecule has 25 heavy (non-hydrogen) atoms. The van der Waals surface area contributed by atoms with E-state index < -0.39 is 33.1 Å². The fraction of sp³-hybridized carbons (Fsp3) is 0.308. The third-order valence-electron chi connectivity index (χ3n) is 3.44. The van der Waals surface area contributed by atoms with Crippen LogP contribution in [0.5, 0.6) is 0 Å². The lowest BCUT2D eigenvalue weighted by Gasteiger charge is -2.29. The molecule has 1 atom stereocenters. The highest BCUT2D eigenvalue weighted by molar-refractivity contribution is 7.92. The van der Waals surface area contributed by atoms with E-state index in [-0.39, 0.29) is 26.8 Å². The summed E-state index contributed by atoms with van der Waals surface area (Å²) in [6.45, 7) is 1.34. The number of H-pyrrole nitrogens is 2. The van der Waals surface area contributed by atoms with Gasteiger partial charge in [0, 0.05) is 7.05 Å². The van der Waals surface area contributed by atoms with Crippen molar-refractivity contribution in [1.82, 2.24) is 15.3 Å². The van der Waals surface area contributed by atoms with Crippen molar-refractivity contribution in [1.29, 1.82) is 0 Å². The first-order valence-electron chi connectivity index (χ1n) is 6.84. The maximum Gasteiger partial charge on any atom is 0.314 e. The predicted molar refractivity (Wildman–Crippen MR) is 96.1 cm³/mol. The molecule has 2 aromatic rings.